The minimum atomic E-state index is 0.166. The van der Waals surface area contributed by atoms with E-state index in [1.165, 1.54) is 0 Å². The van der Waals surface area contributed by atoms with Crippen LogP contribution in [0.3, 0.4) is 0 Å². The van der Waals surface area contributed by atoms with Crippen molar-refractivity contribution in [3.05, 3.63) is 49.3 Å². The lowest BCUT2D eigenvalue weighted by Crippen LogP contribution is -2.20. The Morgan fingerprint density at radius 1 is 1.19 bits per heavy atom. The molecule has 0 bridgehead atoms. The molecule has 3 N–H and O–H groups in total. The van der Waals surface area contributed by atoms with Gasteiger partial charge in [0.2, 0.25) is 5.88 Å². The summed E-state index contributed by atoms with van der Waals surface area (Å²) in [4.78, 5) is 13.3. The zero-order valence-corrected chi connectivity index (χ0v) is 14.5. The molecule has 136 valence electrons. The average molecular weight is 362 g/mol. The summed E-state index contributed by atoms with van der Waals surface area (Å²) in [7, 11) is 0. The van der Waals surface area contributed by atoms with Crippen LogP contribution in [-0.2, 0) is 0 Å². The molecule has 1 saturated heterocycles. The molecule has 0 amide bonds. The van der Waals surface area contributed by atoms with Crippen molar-refractivity contribution in [1.29, 1.82) is 0 Å². The largest absolute Gasteiger partial charge is 0.473 e. The number of hydrogen-bond donors (Lipinski definition) is 3. The molecule has 9 nitrogen and oxygen atoms in total. The molecule has 1 aliphatic heterocycles. The van der Waals surface area contributed by atoms with E-state index in [1.807, 2.05) is 28.9 Å². The normalized spacial score (nSPS) is 16.7. The summed E-state index contributed by atoms with van der Waals surface area (Å²) in [6.07, 6.45) is 11.9. The van der Waals surface area contributed by atoms with E-state index in [2.05, 4.69) is 35.8 Å². The van der Waals surface area contributed by atoms with Crippen molar-refractivity contribution in [3.8, 4) is 17.1 Å². The maximum atomic E-state index is 5.93. The van der Waals surface area contributed by atoms with E-state index in [1.54, 1.807) is 24.8 Å². The van der Waals surface area contributed by atoms with Crippen molar-refractivity contribution in [3.63, 3.8) is 0 Å². The van der Waals surface area contributed by atoms with Crippen LogP contribution in [-0.4, -0.2) is 48.7 Å². The lowest BCUT2D eigenvalue weighted by molar-refractivity contribution is 0.214. The van der Waals surface area contributed by atoms with Gasteiger partial charge in [0.25, 0.3) is 0 Å². The summed E-state index contributed by atoms with van der Waals surface area (Å²) in [6, 6.07) is 3.76. The van der Waals surface area contributed by atoms with Gasteiger partial charge in [0.1, 0.15) is 6.10 Å². The van der Waals surface area contributed by atoms with E-state index in [9.17, 15) is 0 Å². The van der Waals surface area contributed by atoms with Crippen molar-refractivity contribution < 1.29 is 4.74 Å². The van der Waals surface area contributed by atoms with Gasteiger partial charge in [0, 0.05) is 48.6 Å². The Balaban J connectivity index is 1.43. The molecular formula is C18H18N8O. The van der Waals surface area contributed by atoms with Crippen LogP contribution in [0.1, 0.15) is 6.42 Å². The third kappa shape index (κ3) is 3.08. The number of hydrogen-bond acceptors (Lipinski definition) is 7. The molecule has 0 spiro atoms. The Morgan fingerprint density at radius 3 is 3.04 bits per heavy atom. The Morgan fingerprint density at radius 2 is 2.19 bits per heavy atom. The molecule has 1 atom stereocenters. The number of rotatable bonds is 5. The van der Waals surface area contributed by atoms with Gasteiger partial charge in [-0.15, -0.1) is 0 Å². The molecule has 0 radical (unpaired) electrons. The molecule has 1 fully saturated rings. The molecule has 9 heteroatoms. The maximum Gasteiger partial charge on any atom is 0.215 e. The SMILES string of the molecule is c1cc(Nc2nccn3c(-c4cn[nH]c4)cnc23)cc(O[C@@H]2CCNC2)n1. The number of ether oxygens (including phenoxy) is 1. The number of fused-ring (bicyclic) bond motifs is 1. The van der Waals surface area contributed by atoms with Crippen molar-refractivity contribution in [2.45, 2.75) is 12.5 Å². The van der Waals surface area contributed by atoms with Gasteiger partial charge in [0.05, 0.1) is 18.1 Å². The number of nitrogens with zero attached hydrogens (tertiary/aromatic N) is 5. The first-order chi connectivity index (χ1) is 13.4. The van der Waals surface area contributed by atoms with Gasteiger partial charge in [0.15, 0.2) is 11.5 Å². The highest BCUT2D eigenvalue weighted by Crippen LogP contribution is 2.25. The van der Waals surface area contributed by atoms with E-state index in [4.69, 9.17) is 4.74 Å². The van der Waals surface area contributed by atoms with Gasteiger partial charge in [-0.25, -0.2) is 15.0 Å². The Hall–Kier alpha value is -3.46. The highest BCUT2D eigenvalue weighted by atomic mass is 16.5. The number of nitrogens with one attached hydrogen (secondary N) is 3. The quantitative estimate of drug-likeness (QED) is 0.499. The maximum absolute atomic E-state index is 5.93. The fraction of sp³-hybridized carbons (Fsp3) is 0.222. The van der Waals surface area contributed by atoms with Crippen molar-refractivity contribution in [2.24, 2.45) is 0 Å². The summed E-state index contributed by atoms with van der Waals surface area (Å²) in [5.74, 6) is 1.26. The topological polar surface area (TPSA) is 105 Å². The predicted molar refractivity (Wildman–Crippen MR) is 100.0 cm³/mol. The molecule has 0 unspecified atom stereocenters. The second kappa shape index (κ2) is 6.69. The zero-order chi connectivity index (χ0) is 18.1. The molecule has 27 heavy (non-hydrogen) atoms. The van der Waals surface area contributed by atoms with Crippen molar-refractivity contribution in [1.82, 2.24) is 34.9 Å². The Labute approximate surface area is 154 Å². The third-order valence-electron chi connectivity index (χ3n) is 4.52. The van der Waals surface area contributed by atoms with Gasteiger partial charge in [-0.05, 0) is 19.0 Å². The summed E-state index contributed by atoms with van der Waals surface area (Å²) in [5.41, 5.74) is 3.48. The number of aromatic amines is 1. The van der Waals surface area contributed by atoms with E-state index >= 15 is 0 Å². The van der Waals surface area contributed by atoms with E-state index < -0.39 is 0 Å². The van der Waals surface area contributed by atoms with Gasteiger partial charge in [-0.1, -0.05) is 0 Å². The first-order valence-corrected chi connectivity index (χ1v) is 8.78. The molecule has 4 aromatic rings. The zero-order valence-electron chi connectivity index (χ0n) is 14.5. The molecule has 0 saturated carbocycles. The van der Waals surface area contributed by atoms with Crippen LogP contribution in [0, 0.1) is 0 Å². The van der Waals surface area contributed by atoms with E-state index in [-0.39, 0.29) is 6.10 Å². The Bertz CT molecular complexity index is 1050. The molecule has 0 aliphatic carbocycles. The van der Waals surface area contributed by atoms with Crippen LogP contribution in [0.25, 0.3) is 16.9 Å². The van der Waals surface area contributed by atoms with Crippen LogP contribution in [0.15, 0.2) is 49.3 Å². The minimum absolute atomic E-state index is 0.166. The molecule has 5 heterocycles. The van der Waals surface area contributed by atoms with Gasteiger partial charge < -0.3 is 15.4 Å². The summed E-state index contributed by atoms with van der Waals surface area (Å²) < 4.78 is 7.90. The lowest BCUT2D eigenvalue weighted by atomic mass is 10.3. The molecule has 0 aromatic carbocycles. The summed E-state index contributed by atoms with van der Waals surface area (Å²) >= 11 is 0. The van der Waals surface area contributed by atoms with Crippen LogP contribution in [0.4, 0.5) is 11.5 Å². The molecule has 1 aliphatic rings. The minimum Gasteiger partial charge on any atom is -0.473 e. The van der Waals surface area contributed by atoms with Crippen LogP contribution in [0.5, 0.6) is 5.88 Å². The highest BCUT2D eigenvalue weighted by molar-refractivity contribution is 5.73. The first kappa shape index (κ1) is 15.8. The summed E-state index contributed by atoms with van der Waals surface area (Å²) in [5, 5.41) is 13.4. The fourth-order valence-electron chi connectivity index (χ4n) is 3.20. The van der Waals surface area contributed by atoms with E-state index in [0.717, 1.165) is 42.1 Å². The van der Waals surface area contributed by atoms with Crippen molar-refractivity contribution >= 4 is 17.2 Å². The first-order valence-electron chi connectivity index (χ1n) is 8.78. The fourth-order valence-corrected chi connectivity index (χ4v) is 3.20. The Kier molecular flexibility index (Phi) is 3.91. The number of aromatic nitrogens is 6. The molecular weight excluding hydrogens is 344 g/mol. The second-order valence-corrected chi connectivity index (χ2v) is 6.34. The van der Waals surface area contributed by atoms with Gasteiger partial charge in [-0.2, -0.15) is 5.10 Å². The number of anilines is 2. The standard InChI is InChI=1S/C18H18N8O/c1-4-20-16(27-14-2-3-19-10-14)7-13(1)25-17-18-22-11-15(12-8-23-24-9-12)26(18)6-5-21-17/h1,4-9,11,14,19H,2-3,10H2,(H,23,24)(H,20,21,25)/t14-/m1/s1. The van der Waals surface area contributed by atoms with Crippen LogP contribution >= 0.6 is 0 Å². The monoisotopic (exact) mass is 362 g/mol. The highest BCUT2D eigenvalue weighted by Gasteiger charge is 2.17. The number of imidazole rings is 1. The molecule has 4 aromatic heterocycles. The lowest BCUT2D eigenvalue weighted by Gasteiger charge is -2.13. The summed E-state index contributed by atoms with van der Waals surface area (Å²) in [6.45, 7) is 1.83. The van der Waals surface area contributed by atoms with Crippen LogP contribution in [0.2, 0.25) is 0 Å². The van der Waals surface area contributed by atoms with Crippen molar-refractivity contribution in [2.75, 3.05) is 18.4 Å². The predicted octanol–water partition coefficient (Wildman–Crippen LogP) is 2.00. The van der Waals surface area contributed by atoms with Gasteiger partial charge >= 0.3 is 0 Å². The van der Waals surface area contributed by atoms with Crippen LogP contribution < -0.4 is 15.4 Å². The smallest absolute Gasteiger partial charge is 0.215 e. The molecule has 5 rings (SSSR count). The average Bonchev–Trinajstić information content (AvgIpc) is 3.44. The van der Waals surface area contributed by atoms with E-state index in [0.29, 0.717) is 11.7 Å². The number of pyridine rings is 1. The number of H-pyrrole nitrogens is 1. The van der Waals surface area contributed by atoms with Gasteiger partial charge in [-0.3, -0.25) is 9.50 Å². The third-order valence-corrected chi connectivity index (χ3v) is 4.52. The second-order valence-electron chi connectivity index (χ2n) is 6.34.